The number of nitrogens with one attached hydrogen (secondary N) is 1. The average molecular weight is 453 g/mol. The maximum atomic E-state index is 13.4. The molecule has 2 aromatic rings. The number of carbonyl (C=O) groups excluding carboxylic acids is 2. The number of carbonyl (C=O) groups is 2. The normalized spacial score (nSPS) is 20.5. The van der Waals surface area contributed by atoms with Gasteiger partial charge in [-0.05, 0) is 36.5 Å². The first-order chi connectivity index (χ1) is 15.3. The third kappa shape index (κ3) is 3.80. The molecule has 1 aliphatic heterocycles. The minimum Gasteiger partial charge on any atom is -0.466 e. The molecule has 1 aliphatic carbocycles. The van der Waals surface area contributed by atoms with Gasteiger partial charge in [0.2, 0.25) is 0 Å². The summed E-state index contributed by atoms with van der Waals surface area (Å²) in [5.41, 5.74) is 3.26. The standard InChI is InChI=1S/C24H21ClN2O5/c1-13-21(24(29)32-2)22(14-6-5-7-16(10-14)27(30)31)23-19(26-13)11-15(12-20(23)28)17-8-3-4-9-18(17)25/h3-10,15,22,26H,11-12H2,1-2H3/t15-,22-/m1/s1. The van der Waals surface area contributed by atoms with Gasteiger partial charge in [0, 0.05) is 46.5 Å². The fourth-order valence-electron chi connectivity index (χ4n) is 4.60. The molecule has 4 rings (SSSR count). The van der Waals surface area contributed by atoms with Crippen LogP contribution < -0.4 is 5.32 Å². The topological polar surface area (TPSA) is 98.5 Å². The Morgan fingerprint density at radius 1 is 1.19 bits per heavy atom. The van der Waals surface area contributed by atoms with Crippen LogP contribution in [-0.4, -0.2) is 23.8 Å². The molecule has 0 unspecified atom stereocenters. The molecule has 0 bridgehead atoms. The SMILES string of the molecule is COC(=O)C1=C(C)NC2=C(C(=O)C[C@H](c3ccccc3Cl)C2)[C@@H]1c1cccc([N+](=O)[O-])c1. The zero-order chi connectivity index (χ0) is 23.0. The number of methoxy groups -OCH3 is 1. The summed E-state index contributed by atoms with van der Waals surface area (Å²) in [4.78, 5) is 37.0. The Kier molecular flexibility index (Phi) is 5.84. The number of dihydropyridines is 1. The van der Waals surface area contributed by atoms with Crippen LogP contribution in [0.5, 0.6) is 0 Å². The summed E-state index contributed by atoms with van der Waals surface area (Å²) in [6.07, 6.45) is 0.755. The highest BCUT2D eigenvalue weighted by Crippen LogP contribution is 2.46. The first-order valence-corrected chi connectivity index (χ1v) is 10.5. The number of Topliss-reactive ketones (excluding diaryl/α,β-unsaturated/α-hetero) is 1. The van der Waals surface area contributed by atoms with Gasteiger partial charge in [0.15, 0.2) is 5.78 Å². The molecule has 1 heterocycles. The van der Waals surface area contributed by atoms with Crippen molar-refractivity contribution < 1.29 is 19.2 Å². The molecule has 1 N–H and O–H groups in total. The van der Waals surface area contributed by atoms with E-state index in [9.17, 15) is 19.7 Å². The van der Waals surface area contributed by atoms with Crippen molar-refractivity contribution in [3.63, 3.8) is 0 Å². The first kappa shape index (κ1) is 21.8. The van der Waals surface area contributed by atoms with Crippen LogP contribution in [0.1, 0.15) is 42.7 Å². The molecule has 2 aromatic carbocycles. The predicted octanol–water partition coefficient (Wildman–Crippen LogP) is 4.78. The van der Waals surface area contributed by atoms with Gasteiger partial charge in [-0.1, -0.05) is 41.9 Å². The number of nitro groups is 1. The van der Waals surface area contributed by atoms with Gasteiger partial charge in [0.05, 0.1) is 17.6 Å². The minimum atomic E-state index is -0.752. The molecular formula is C24H21ClN2O5. The van der Waals surface area contributed by atoms with Crippen molar-refractivity contribution in [2.24, 2.45) is 0 Å². The maximum Gasteiger partial charge on any atom is 0.336 e. The van der Waals surface area contributed by atoms with E-state index in [1.54, 1.807) is 25.1 Å². The summed E-state index contributed by atoms with van der Waals surface area (Å²) in [5, 5.41) is 15.2. The van der Waals surface area contributed by atoms with E-state index in [0.717, 1.165) is 5.56 Å². The van der Waals surface area contributed by atoms with Crippen molar-refractivity contribution in [3.8, 4) is 0 Å². The number of allylic oxidation sites excluding steroid dienone is 3. The molecule has 2 atom stereocenters. The van der Waals surface area contributed by atoms with Gasteiger partial charge >= 0.3 is 5.97 Å². The van der Waals surface area contributed by atoms with Crippen molar-refractivity contribution in [2.45, 2.75) is 31.6 Å². The smallest absolute Gasteiger partial charge is 0.336 e. The fraction of sp³-hybridized carbons (Fsp3) is 0.250. The van der Waals surface area contributed by atoms with E-state index in [1.807, 2.05) is 18.2 Å². The van der Waals surface area contributed by atoms with Gasteiger partial charge in [-0.3, -0.25) is 14.9 Å². The molecule has 32 heavy (non-hydrogen) atoms. The Labute approximate surface area is 189 Å². The zero-order valence-electron chi connectivity index (χ0n) is 17.6. The molecule has 2 aliphatic rings. The molecule has 0 radical (unpaired) electrons. The van der Waals surface area contributed by atoms with Crippen LogP contribution in [0.4, 0.5) is 5.69 Å². The third-order valence-electron chi connectivity index (χ3n) is 5.99. The molecular weight excluding hydrogens is 432 g/mol. The number of hydrogen-bond donors (Lipinski definition) is 1. The van der Waals surface area contributed by atoms with Crippen molar-refractivity contribution in [2.75, 3.05) is 7.11 Å². The summed E-state index contributed by atoms with van der Waals surface area (Å²) >= 11 is 6.38. The van der Waals surface area contributed by atoms with Crippen molar-refractivity contribution in [3.05, 3.63) is 97.3 Å². The second-order valence-corrected chi connectivity index (χ2v) is 8.29. The molecule has 0 aromatic heterocycles. The van der Waals surface area contributed by atoms with Gasteiger partial charge in [0.1, 0.15) is 0 Å². The number of nitro benzene ring substituents is 1. The van der Waals surface area contributed by atoms with Gasteiger partial charge in [-0.2, -0.15) is 0 Å². The lowest BCUT2D eigenvalue weighted by Crippen LogP contribution is -2.36. The number of ether oxygens (including phenoxy) is 1. The van der Waals surface area contributed by atoms with Crippen LogP contribution in [0, 0.1) is 10.1 Å². The summed E-state index contributed by atoms with van der Waals surface area (Å²) in [6, 6.07) is 13.5. The lowest BCUT2D eigenvalue weighted by molar-refractivity contribution is -0.384. The maximum absolute atomic E-state index is 13.4. The number of halogens is 1. The average Bonchev–Trinajstić information content (AvgIpc) is 2.77. The lowest BCUT2D eigenvalue weighted by atomic mass is 9.71. The Hall–Kier alpha value is -3.45. The van der Waals surface area contributed by atoms with E-state index in [2.05, 4.69) is 5.32 Å². The molecule has 0 saturated heterocycles. The Morgan fingerprint density at radius 2 is 1.94 bits per heavy atom. The zero-order valence-corrected chi connectivity index (χ0v) is 18.3. The van der Waals surface area contributed by atoms with Crippen molar-refractivity contribution in [1.29, 1.82) is 0 Å². The van der Waals surface area contributed by atoms with E-state index in [0.29, 0.717) is 34.0 Å². The van der Waals surface area contributed by atoms with Gasteiger partial charge < -0.3 is 10.1 Å². The highest BCUT2D eigenvalue weighted by Gasteiger charge is 2.41. The quantitative estimate of drug-likeness (QED) is 0.407. The Morgan fingerprint density at radius 3 is 2.62 bits per heavy atom. The van der Waals surface area contributed by atoms with Crippen LogP contribution in [0.3, 0.4) is 0 Å². The number of hydrogen-bond acceptors (Lipinski definition) is 6. The third-order valence-corrected chi connectivity index (χ3v) is 6.34. The first-order valence-electron chi connectivity index (χ1n) is 10.1. The largest absolute Gasteiger partial charge is 0.466 e. The summed E-state index contributed by atoms with van der Waals surface area (Å²) < 4.78 is 4.99. The molecule has 0 fully saturated rings. The second-order valence-electron chi connectivity index (χ2n) is 7.88. The number of benzene rings is 2. The Balaban J connectivity index is 1.85. The monoisotopic (exact) mass is 452 g/mol. The lowest BCUT2D eigenvalue weighted by Gasteiger charge is -2.36. The van der Waals surface area contributed by atoms with Crippen LogP contribution in [0.15, 0.2) is 71.1 Å². The molecule has 164 valence electrons. The minimum absolute atomic E-state index is 0.109. The number of ketones is 1. The van der Waals surface area contributed by atoms with Crippen molar-refractivity contribution >= 4 is 29.0 Å². The van der Waals surface area contributed by atoms with Gasteiger partial charge in [-0.25, -0.2) is 4.79 Å². The van der Waals surface area contributed by atoms with Crippen LogP contribution in [0.25, 0.3) is 0 Å². The van der Waals surface area contributed by atoms with Crippen LogP contribution in [0.2, 0.25) is 5.02 Å². The summed E-state index contributed by atoms with van der Waals surface area (Å²) in [6.45, 7) is 1.74. The number of esters is 1. The molecule has 0 saturated carbocycles. The second kappa shape index (κ2) is 8.59. The number of rotatable bonds is 4. The van der Waals surface area contributed by atoms with Gasteiger partial charge in [0.25, 0.3) is 5.69 Å². The molecule has 8 heteroatoms. The van der Waals surface area contributed by atoms with E-state index in [4.69, 9.17) is 16.3 Å². The molecule has 7 nitrogen and oxygen atoms in total. The number of non-ortho nitro benzene ring substituents is 1. The van der Waals surface area contributed by atoms with Crippen molar-refractivity contribution in [1.82, 2.24) is 5.32 Å². The molecule has 0 spiro atoms. The highest BCUT2D eigenvalue weighted by molar-refractivity contribution is 6.31. The van der Waals surface area contributed by atoms with E-state index >= 15 is 0 Å². The van der Waals surface area contributed by atoms with E-state index in [-0.39, 0.29) is 29.4 Å². The van der Waals surface area contributed by atoms with E-state index in [1.165, 1.54) is 19.2 Å². The predicted molar refractivity (Wildman–Crippen MR) is 119 cm³/mol. The van der Waals surface area contributed by atoms with Crippen LogP contribution >= 0.6 is 11.6 Å². The highest BCUT2D eigenvalue weighted by atomic mass is 35.5. The van der Waals surface area contributed by atoms with Crippen LogP contribution in [-0.2, 0) is 14.3 Å². The number of nitrogens with zero attached hydrogens (tertiary/aromatic N) is 1. The Bertz CT molecular complexity index is 1200. The molecule has 0 amide bonds. The fourth-order valence-corrected chi connectivity index (χ4v) is 4.89. The summed E-state index contributed by atoms with van der Waals surface area (Å²) in [7, 11) is 1.27. The van der Waals surface area contributed by atoms with Gasteiger partial charge in [-0.15, -0.1) is 0 Å². The summed E-state index contributed by atoms with van der Waals surface area (Å²) in [5.74, 6) is -1.58. The van der Waals surface area contributed by atoms with E-state index < -0.39 is 16.8 Å².